The molecule has 1 aliphatic carbocycles. The number of carbonyl (C=O) groups is 1. The molecule has 2 N–H and O–H groups in total. The lowest BCUT2D eigenvalue weighted by Gasteiger charge is -2.28. The van der Waals surface area contributed by atoms with Crippen molar-refractivity contribution >= 4 is 11.8 Å². The average Bonchev–Trinajstić information content (AvgIpc) is 2.79. The van der Waals surface area contributed by atoms with Gasteiger partial charge >= 0.3 is 11.8 Å². The van der Waals surface area contributed by atoms with Gasteiger partial charge in [0.15, 0.2) is 0 Å². The maximum Gasteiger partial charge on any atom is 0.404 e. The highest BCUT2D eigenvalue weighted by Gasteiger charge is 2.30. The number of nitro groups is 1. The van der Waals surface area contributed by atoms with Crippen molar-refractivity contribution in [2.45, 2.75) is 31.6 Å². The molecular weight excluding hydrogens is 264 g/mol. The summed E-state index contributed by atoms with van der Waals surface area (Å²) >= 11 is 0. The summed E-state index contributed by atoms with van der Waals surface area (Å²) in [4.78, 5) is 21.1. The van der Waals surface area contributed by atoms with Crippen LogP contribution in [0.3, 0.4) is 0 Å². The molecule has 110 valence electrons. The van der Waals surface area contributed by atoms with Crippen molar-refractivity contribution in [2.75, 3.05) is 6.54 Å². The Hall–Kier alpha value is -2.12. The Morgan fingerprint density at radius 1 is 1.55 bits per heavy atom. The van der Waals surface area contributed by atoms with Crippen LogP contribution in [0.2, 0.25) is 0 Å². The first kappa shape index (κ1) is 14.3. The molecule has 1 fully saturated rings. The van der Waals surface area contributed by atoms with Crippen LogP contribution in [-0.4, -0.2) is 32.4 Å². The van der Waals surface area contributed by atoms with Crippen molar-refractivity contribution in [1.29, 1.82) is 0 Å². The lowest BCUT2D eigenvalue weighted by Crippen LogP contribution is -2.30. The van der Waals surface area contributed by atoms with Crippen LogP contribution in [0.5, 0.6) is 0 Å². The lowest BCUT2D eigenvalue weighted by molar-refractivity contribution is -0.385. The third-order valence-electron chi connectivity index (χ3n) is 3.94. The predicted molar refractivity (Wildman–Crippen MR) is 70.6 cm³/mol. The van der Waals surface area contributed by atoms with Crippen LogP contribution in [0, 0.1) is 16.0 Å². The molecule has 0 unspecified atom stereocenters. The van der Waals surface area contributed by atoms with E-state index in [2.05, 4.69) is 10.4 Å². The van der Waals surface area contributed by atoms with E-state index in [-0.39, 0.29) is 16.5 Å². The Labute approximate surface area is 115 Å². The highest BCUT2D eigenvalue weighted by Crippen LogP contribution is 2.38. The van der Waals surface area contributed by atoms with Crippen molar-refractivity contribution in [3.63, 3.8) is 0 Å². The van der Waals surface area contributed by atoms with E-state index in [0.29, 0.717) is 18.2 Å². The molecule has 0 radical (unpaired) electrons. The molecule has 8 nitrogen and oxygen atoms in total. The van der Waals surface area contributed by atoms with Gasteiger partial charge in [0.2, 0.25) is 0 Å². The Morgan fingerprint density at radius 3 is 2.75 bits per heavy atom. The second-order valence-electron chi connectivity index (χ2n) is 5.20. The summed E-state index contributed by atoms with van der Waals surface area (Å²) in [5, 5.41) is 26.0. The predicted octanol–water partition coefficient (Wildman–Crippen LogP) is 1.87. The molecule has 20 heavy (non-hydrogen) atoms. The maximum absolute atomic E-state index is 11.0. The van der Waals surface area contributed by atoms with Gasteiger partial charge in [0.1, 0.15) is 11.9 Å². The second kappa shape index (κ2) is 5.89. The first-order chi connectivity index (χ1) is 9.49. The third kappa shape index (κ3) is 3.06. The van der Waals surface area contributed by atoms with Crippen molar-refractivity contribution < 1.29 is 14.8 Å². The molecule has 0 atom stereocenters. The van der Waals surface area contributed by atoms with E-state index in [9.17, 15) is 14.9 Å². The number of hydrogen-bond donors (Lipinski definition) is 2. The first-order valence-electron chi connectivity index (χ1n) is 6.62. The van der Waals surface area contributed by atoms with E-state index in [4.69, 9.17) is 5.11 Å². The van der Waals surface area contributed by atoms with Gasteiger partial charge in [-0.05, 0) is 31.6 Å². The number of nitrogens with zero attached hydrogens (tertiary/aromatic N) is 3. The van der Waals surface area contributed by atoms with Crippen LogP contribution >= 0.6 is 0 Å². The standard InChI is InChI=1S/C12H18N4O4/c1-15-11(10(7-14-15)16(19)20)9-4-2-8(3-5-9)6-13-12(17)18/h7-9,13H,2-6H2,1H3,(H,17,18). The van der Waals surface area contributed by atoms with Crippen LogP contribution in [0.4, 0.5) is 10.5 Å². The SMILES string of the molecule is Cn1ncc([N+](=O)[O-])c1C1CCC(CNC(=O)O)CC1. The topological polar surface area (TPSA) is 110 Å². The smallest absolute Gasteiger partial charge is 0.404 e. The van der Waals surface area contributed by atoms with E-state index in [0.717, 1.165) is 25.7 Å². The molecule has 8 heteroatoms. The number of hydrogen-bond acceptors (Lipinski definition) is 4. The summed E-state index contributed by atoms with van der Waals surface area (Å²) in [6.07, 6.45) is 3.68. The molecule has 1 aromatic rings. The summed E-state index contributed by atoms with van der Waals surface area (Å²) in [6.45, 7) is 0.454. The third-order valence-corrected chi connectivity index (χ3v) is 3.94. The fourth-order valence-corrected chi connectivity index (χ4v) is 2.92. The summed E-state index contributed by atoms with van der Waals surface area (Å²) in [7, 11) is 1.72. The Morgan fingerprint density at radius 2 is 2.20 bits per heavy atom. The van der Waals surface area contributed by atoms with Gasteiger partial charge in [-0.15, -0.1) is 0 Å². The molecule has 0 bridgehead atoms. The molecule has 1 saturated carbocycles. The van der Waals surface area contributed by atoms with Gasteiger partial charge in [0.05, 0.1) is 4.92 Å². The molecule has 1 heterocycles. The fraction of sp³-hybridized carbons (Fsp3) is 0.667. The Bertz CT molecular complexity index is 506. The van der Waals surface area contributed by atoms with Crippen molar-refractivity contribution in [3.05, 3.63) is 22.0 Å². The number of amides is 1. The highest BCUT2D eigenvalue weighted by molar-refractivity contribution is 5.64. The van der Waals surface area contributed by atoms with E-state index in [1.165, 1.54) is 6.20 Å². The Balaban J connectivity index is 1.99. The number of nitrogens with one attached hydrogen (secondary N) is 1. The molecule has 0 spiro atoms. The summed E-state index contributed by atoms with van der Waals surface area (Å²) in [5.74, 6) is 0.443. The monoisotopic (exact) mass is 282 g/mol. The molecule has 0 aromatic carbocycles. The minimum Gasteiger partial charge on any atom is -0.465 e. The number of aromatic nitrogens is 2. The van der Waals surface area contributed by atoms with Gasteiger partial charge in [0, 0.05) is 19.5 Å². The number of aryl methyl sites for hydroxylation is 1. The van der Waals surface area contributed by atoms with Crippen LogP contribution in [0.1, 0.15) is 37.3 Å². The zero-order chi connectivity index (χ0) is 14.7. The van der Waals surface area contributed by atoms with Crippen molar-refractivity contribution in [3.8, 4) is 0 Å². The fourth-order valence-electron chi connectivity index (χ4n) is 2.92. The summed E-state index contributed by atoms with van der Waals surface area (Å²) < 4.78 is 1.58. The summed E-state index contributed by atoms with van der Waals surface area (Å²) in [5.41, 5.74) is 0.763. The molecule has 0 saturated heterocycles. The molecule has 2 rings (SSSR count). The Kier molecular flexibility index (Phi) is 4.21. The van der Waals surface area contributed by atoms with E-state index >= 15 is 0 Å². The number of rotatable bonds is 4. The van der Waals surface area contributed by atoms with Gasteiger partial charge in [-0.25, -0.2) is 4.79 Å². The molecule has 1 aromatic heterocycles. The second-order valence-corrected chi connectivity index (χ2v) is 5.20. The largest absolute Gasteiger partial charge is 0.465 e. The zero-order valence-electron chi connectivity index (χ0n) is 11.3. The highest BCUT2D eigenvalue weighted by atomic mass is 16.6. The lowest BCUT2D eigenvalue weighted by atomic mass is 9.80. The van der Waals surface area contributed by atoms with Gasteiger partial charge in [-0.1, -0.05) is 0 Å². The van der Waals surface area contributed by atoms with Gasteiger partial charge in [-0.2, -0.15) is 5.10 Å². The van der Waals surface area contributed by atoms with Gasteiger partial charge in [0.25, 0.3) is 0 Å². The zero-order valence-corrected chi connectivity index (χ0v) is 11.3. The van der Waals surface area contributed by atoms with Crippen LogP contribution in [-0.2, 0) is 7.05 Å². The summed E-state index contributed by atoms with van der Waals surface area (Å²) in [6, 6.07) is 0. The minimum absolute atomic E-state index is 0.0830. The van der Waals surface area contributed by atoms with Crippen LogP contribution < -0.4 is 5.32 Å². The molecule has 1 amide bonds. The van der Waals surface area contributed by atoms with Crippen LogP contribution in [0.25, 0.3) is 0 Å². The van der Waals surface area contributed by atoms with Crippen molar-refractivity contribution in [2.24, 2.45) is 13.0 Å². The maximum atomic E-state index is 11.0. The molecular formula is C12H18N4O4. The molecule has 0 aliphatic heterocycles. The minimum atomic E-state index is -1.01. The normalized spacial score (nSPS) is 22.4. The van der Waals surface area contributed by atoms with E-state index < -0.39 is 6.09 Å². The van der Waals surface area contributed by atoms with Crippen LogP contribution in [0.15, 0.2) is 6.20 Å². The first-order valence-corrected chi connectivity index (χ1v) is 6.62. The van der Waals surface area contributed by atoms with Gasteiger partial charge in [-0.3, -0.25) is 14.8 Å². The van der Waals surface area contributed by atoms with E-state index in [1.807, 2.05) is 0 Å². The van der Waals surface area contributed by atoms with E-state index in [1.54, 1.807) is 11.7 Å². The van der Waals surface area contributed by atoms with Crippen molar-refractivity contribution in [1.82, 2.24) is 15.1 Å². The number of carboxylic acid groups (broad SMARTS) is 1. The molecule has 1 aliphatic rings. The quantitative estimate of drug-likeness (QED) is 0.647. The van der Waals surface area contributed by atoms with Gasteiger partial charge < -0.3 is 10.4 Å². The average molecular weight is 282 g/mol.